The van der Waals surface area contributed by atoms with Crippen LogP contribution in [0.3, 0.4) is 0 Å². The Morgan fingerprint density at radius 3 is 2.86 bits per heavy atom. The summed E-state index contributed by atoms with van der Waals surface area (Å²) in [7, 11) is 1.75. The molecule has 1 aromatic heterocycles. The summed E-state index contributed by atoms with van der Waals surface area (Å²) in [4.78, 5) is 24.9. The van der Waals surface area contributed by atoms with Crippen LogP contribution >= 0.6 is 11.3 Å². The number of aliphatic carboxylic acids is 1. The van der Waals surface area contributed by atoms with Crippen LogP contribution in [0.4, 0.5) is 4.79 Å². The van der Waals surface area contributed by atoms with Gasteiger partial charge in [0.1, 0.15) is 0 Å². The third kappa shape index (κ3) is 4.46. The number of rotatable bonds is 5. The lowest BCUT2D eigenvalue weighted by Gasteiger charge is -2.29. The van der Waals surface area contributed by atoms with Crippen LogP contribution in [0.2, 0.25) is 0 Å². The van der Waals surface area contributed by atoms with E-state index in [9.17, 15) is 14.7 Å². The average molecular weight is 310 g/mol. The zero-order chi connectivity index (χ0) is 15.2. The van der Waals surface area contributed by atoms with Crippen molar-refractivity contribution in [2.24, 2.45) is 11.8 Å². The Morgan fingerprint density at radius 2 is 2.19 bits per heavy atom. The summed E-state index contributed by atoms with van der Waals surface area (Å²) in [5.74, 6) is -1.00. The number of carbonyl (C=O) groups excluding carboxylic acids is 1. The molecule has 0 radical (unpaired) electrons. The van der Waals surface area contributed by atoms with Crippen LogP contribution in [0, 0.1) is 11.8 Å². The Morgan fingerprint density at radius 1 is 1.43 bits per heavy atom. The molecule has 2 unspecified atom stereocenters. The lowest BCUT2D eigenvalue weighted by Crippen LogP contribution is -2.42. The predicted octanol–water partition coefficient (Wildman–Crippen LogP) is 2.78. The third-order valence-corrected chi connectivity index (χ3v) is 4.82. The Bertz CT molecular complexity index is 475. The van der Waals surface area contributed by atoms with Crippen LogP contribution in [0.1, 0.15) is 31.2 Å². The van der Waals surface area contributed by atoms with Gasteiger partial charge >= 0.3 is 12.0 Å². The van der Waals surface area contributed by atoms with Crippen molar-refractivity contribution in [1.82, 2.24) is 10.2 Å². The van der Waals surface area contributed by atoms with Gasteiger partial charge in [0, 0.05) is 20.1 Å². The predicted molar refractivity (Wildman–Crippen MR) is 82.3 cm³/mol. The molecule has 2 atom stereocenters. The SMILES string of the molecule is CN(Cc1ccsc1)C(=O)NCC1CCCCC1C(=O)O. The van der Waals surface area contributed by atoms with Crippen molar-refractivity contribution in [3.8, 4) is 0 Å². The van der Waals surface area contributed by atoms with E-state index < -0.39 is 5.97 Å². The van der Waals surface area contributed by atoms with Gasteiger partial charge in [0.2, 0.25) is 0 Å². The summed E-state index contributed by atoms with van der Waals surface area (Å²) in [6.45, 7) is 1.02. The summed E-state index contributed by atoms with van der Waals surface area (Å²) < 4.78 is 0. The van der Waals surface area contributed by atoms with Gasteiger partial charge in [0.05, 0.1) is 5.92 Å². The Labute approximate surface area is 129 Å². The zero-order valence-electron chi connectivity index (χ0n) is 12.2. The number of urea groups is 1. The highest BCUT2D eigenvalue weighted by molar-refractivity contribution is 7.07. The molecular weight excluding hydrogens is 288 g/mol. The third-order valence-electron chi connectivity index (χ3n) is 4.09. The van der Waals surface area contributed by atoms with Crippen molar-refractivity contribution in [2.45, 2.75) is 32.2 Å². The standard InChI is InChI=1S/C15H22N2O3S/c1-17(9-11-6-7-21-10-11)15(20)16-8-12-4-2-3-5-13(12)14(18)19/h6-7,10,12-13H,2-5,8-9H2,1H3,(H,16,20)(H,18,19). The van der Waals surface area contributed by atoms with Crippen molar-refractivity contribution in [3.63, 3.8) is 0 Å². The van der Waals surface area contributed by atoms with Gasteiger partial charge < -0.3 is 15.3 Å². The molecule has 1 heterocycles. The van der Waals surface area contributed by atoms with Gasteiger partial charge in [-0.25, -0.2) is 4.79 Å². The molecule has 1 aliphatic carbocycles. The Balaban J connectivity index is 1.80. The number of thiophene rings is 1. The number of carboxylic acids is 1. The van der Waals surface area contributed by atoms with E-state index in [1.54, 1.807) is 23.3 Å². The summed E-state index contributed by atoms with van der Waals surface area (Å²) in [5.41, 5.74) is 1.11. The molecule has 116 valence electrons. The van der Waals surface area contributed by atoms with Crippen molar-refractivity contribution >= 4 is 23.3 Å². The number of hydrogen-bond donors (Lipinski definition) is 2. The van der Waals surface area contributed by atoms with E-state index in [1.807, 2.05) is 16.8 Å². The van der Waals surface area contributed by atoms with E-state index in [2.05, 4.69) is 5.32 Å². The minimum atomic E-state index is -0.736. The molecule has 5 nitrogen and oxygen atoms in total. The lowest BCUT2D eigenvalue weighted by molar-refractivity contribution is -0.144. The second-order valence-corrected chi connectivity index (χ2v) is 6.44. The van der Waals surface area contributed by atoms with Gasteiger partial charge in [-0.15, -0.1) is 0 Å². The monoisotopic (exact) mass is 310 g/mol. The molecule has 0 aliphatic heterocycles. The quantitative estimate of drug-likeness (QED) is 0.878. The highest BCUT2D eigenvalue weighted by Crippen LogP contribution is 2.29. The number of nitrogens with one attached hydrogen (secondary N) is 1. The van der Waals surface area contributed by atoms with Gasteiger partial charge in [-0.05, 0) is 41.1 Å². The van der Waals surface area contributed by atoms with Gasteiger partial charge in [0.15, 0.2) is 0 Å². The average Bonchev–Trinajstić information content (AvgIpc) is 2.97. The molecule has 21 heavy (non-hydrogen) atoms. The molecule has 0 saturated heterocycles. The fourth-order valence-corrected chi connectivity index (χ4v) is 3.52. The van der Waals surface area contributed by atoms with Gasteiger partial charge in [-0.2, -0.15) is 11.3 Å². The minimum absolute atomic E-state index is 0.0507. The highest BCUT2D eigenvalue weighted by Gasteiger charge is 2.30. The first-order valence-electron chi connectivity index (χ1n) is 7.30. The molecule has 6 heteroatoms. The molecule has 0 bridgehead atoms. The molecule has 1 saturated carbocycles. The van der Waals surface area contributed by atoms with E-state index in [-0.39, 0.29) is 17.9 Å². The molecule has 0 spiro atoms. The number of hydrogen-bond acceptors (Lipinski definition) is 3. The minimum Gasteiger partial charge on any atom is -0.481 e. The van der Waals surface area contributed by atoms with Gasteiger partial charge in [0.25, 0.3) is 0 Å². The molecular formula is C15H22N2O3S. The van der Waals surface area contributed by atoms with Crippen molar-refractivity contribution in [3.05, 3.63) is 22.4 Å². The number of carbonyl (C=O) groups is 2. The first kappa shape index (κ1) is 15.8. The molecule has 2 amide bonds. The molecule has 1 aromatic rings. The highest BCUT2D eigenvalue weighted by atomic mass is 32.1. The van der Waals surface area contributed by atoms with Crippen LogP contribution < -0.4 is 5.32 Å². The molecule has 0 aromatic carbocycles. The maximum absolute atomic E-state index is 12.1. The number of carboxylic acid groups (broad SMARTS) is 1. The smallest absolute Gasteiger partial charge is 0.317 e. The van der Waals surface area contributed by atoms with Crippen LogP contribution in [0.25, 0.3) is 0 Å². The van der Waals surface area contributed by atoms with Gasteiger partial charge in [-0.3, -0.25) is 4.79 Å². The van der Waals surface area contributed by atoms with Crippen molar-refractivity contribution in [1.29, 1.82) is 0 Å². The fraction of sp³-hybridized carbons (Fsp3) is 0.600. The topological polar surface area (TPSA) is 69.6 Å². The van der Waals surface area contributed by atoms with Crippen LogP contribution in [-0.4, -0.2) is 35.6 Å². The van der Waals surface area contributed by atoms with E-state index in [0.717, 1.165) is 31.2 Å². The summed E-state index contributed by atoms with van der Waals surface area (Å²) in [6.07, 6.45) is 3.63. The molecule has 1 fully saturated rings. The summed E-state index contributed by atoms with van der Waals surface area (Å²) >= 11 is 1.61. The van der Waals surface area contributed by atoms with E-state index >= 15 is 0 Å². The van der Waals surface area contributed by atoms with Crippen LogP contribution in [0.5, 0.6) is 0 Å². The van der Waals surface area contributed by atoms with E-state index in [1.165, 1.54) is 0 Å². The van der Waals surface area contributed by atoms with Gasteiger partial charge in [-0.1, -0.05) is 12.8 Å². The zero-order valence-corrected chi connectivity index (χ0v) is 13.1. The maximum Gasteiger partial charge on any atom is 0.317 e. The fourth-order valence-electron chi connectivity index (χ4n) is 2.86. The number of nitrogens with zero attached hydrogens (tertiary/aromatic N) is 1. The Kier molecular flexibility index (Phi) is 5.61. The summed E-state index contributed by atoms with van der Waals surface area (Å²) in [6, 6.07) is 1.85. The van der Waals surface area contributed by atoms with Crippen LogP contribution in [-0.2, 0) is 11.3 Å². The lowest BCUT2D eigenvalue weighted by atomic mass is 9.79. The van der Waals surface area contributed by atoms with E-state index in [0.29, 0.717) is 13.1 Å². The molecule has 2 N–H and O–H groups in total. The second kappa shape index (κ2) is 7.45. The molecule has 2 rings (SSSR count). The number of amides is 2. The summed E-state index contributed by atoms with van der Waals surface area (Å²) in [5, 5.41) is 16.1. The first-order chi connectivity index (χ1) is 10.1. The van der Waals surface area contributed by atoms with Crippen molar-refractivity contribution < 1.29 is 14.7 Å². The Hall–Kier alpha value is -1.56. The van der Waals surface area contributed by atoms with Crippen molar-refractivity contribution in [2.75, 3.05) is 13.6 Å². The van der Waals surface area contributed by atoms with E-state index in [4.69, 9.17) is 0 Å². The second-order valence-electron chi connectivity index (χ2n) is 5.66. The normalized spacial score (nSPS) is 21.8. The first-order valence-corrected chi connectivity index (χ1v) is 8.25. The van der Waals surface area contributed by atoms with Crippen LogP contribution in [0.15, 0.2) is 16.8 Å². The maximum atomic E-state index is 12.1. The molecule has 1 aliphatic rings. The largest absolute Gasteiger partial charge is 0.481 e.